The van der Waals surface area contributed by atoms with Crippen molar-refractivity contribution in [2.75, 3.05) is 6.26 Å². The lowest BCUT2D eigenvalue weighted by Crippen LogP contribution is -1.97. The predicted molar refractivity (Wildman–Crippen MR) is 114 cm³/mol. The Kier molecular flexibility index (Phi) is 4.60. The van der Waals surface area contributed by atoms with Crippen molar-refractivity contribution in [2.45, 2.75) is 11.7 Å². The molecule has 1 aromatic heterocycles. The SMILES string of the molecule is C=CCC(SC)c1ccc2ccccc2c1-c1nc2ccccc2s1. The van der Waals surface area contributed by atoms with E-state index in [0.29, 0.717) is 5.25 Å². The molecule has 0 amide bonds. The van der Waals surface area contributed by atoms with Crippen LogP contribution in [0.3, 0.4) is 0 Å². The summed E-state index contributed by atoms with van der Waals surface area (Å²) in [5, 5.41) is 4.04. The smallest absolute Gasteiger partial charge is 0.125 e. The third-order valence-electron chi connectivity index (χ3n) is 4.48. The van der Waals surface area contributed by atoms with E-state index in [1.807, 2.05) is 17.8 Å². The molecular formula is C22H19NS2. The van der Waals surface area contributed by atoms with Crippen LogP contribution in [0.2, 0.25) is 0 Å². The molecule has 1 unspecified atom stereocenters. The molecule has 0 N–H and O–H groups in total. The van der Waals surface area contributed by atoms with Crippen LogP contribution in [-0.4, -0.2) is 11.2 Å². The van der Waals surface area contributed by atoms with E-state index in [0.717, 1.165) is 16.9 Å². The molecule has 4 rings (SSSR count). The van der Waals surface area contributed by atoms with E-state index in [-0.39, 0.29) is 0 Å². The van der Waals surface area contributed by atoms with Crippen molar-refractivity contribution in [3.05, 3.63) is 78.9 Å². The highest BCUT2D eigenvalue weighted by Crippen LogP contribution is 2.43. The van der Waals surface area contributed by atoms with Crippen LogP contribution in [0.5, 0.6) is 0 Å². The van der Waals surface area contributed by atoms with Gasteiger partial charge in [-0.1, -0.05) is 54.6 Å². The lowest BCUT2D eigenvalue weighted by atomic mass is 9.96. The molecule has 0 aliphatic heterocycles. The zero-order valence-corrected chi connectivity index (χ0v) is 15.7. The van der Waals surface area contributed by atoms with Crippen molar-refractivity contribution in [3.63, 3.8) is 0 Å². The van der Waals surface area contributed by atoms with E-state index in [4.69, 9.17) is 4.98 Å². The summed E-state index contributed by atoms with van der Waals surface area (Å²) < 4.78 is 1.24. The topological polar surface area (TPSA) is 12.9 Å². The monoisotopic (exact) mass is 361 g/mol. The first kappa shape index (κ1) is 16.4. The third-order valence-corrected chi connectivity index (χ3v) is 6.55. The van der Waals surface area contributed by atoms with Crippen LogP contribution in [0.4, 0.5) is 0 Å². The molecule has 3 aromatic carbocycles. The largest absolute Gasteiger partial charge is 0.236 e. The van der Waals surface area contributed by atoms with Crippen molar-refractivity contribution in [1.29, 1.82) is 0 Å². The van der Waals surface area contributed by atoms with Gasteiger partial charge in [0.15, 0.2) is 0 Å². The van der Waals surface area contributed by atoms with Gasteiger partial charge in [-0.2, -0.15) is 11.8 Å². The molecule has 1 nitrogen and oxygen atoms in total. The average molecular weight is 362 g/mol. The zero-order chi connectivity index (χ0) is 17.2. The number of allylic oxidation sites excluding steroid dienone is 1. The molecule has 1 heterocycles. The van der Waals surface area contributed by atoms with Crippen LogP contribution in [0.15, 0.2) is 73.3 Å². The van der Waals surface area contributed by atoms with Gasteiger partial charge in [0.2, 0.25) is 0 Å². The minimum Gasteiger partial charge on any atom is -0.236 e. The second-order valence-electron chi connectivity index (χ2n) is 5.99. The number of para-hydroxylation sites is 1. The average Bonchev–Trinajstić information content (AvgIpc) is 3.09. The molecule has 1 atom stereocenters. The van der Waals surface area contributed by atoms with Crippen molar-refractivity contribution >= 4 is 44.1 Å². The summed E-state index contributed by atoms with van der Waals surface area (Å²) in [6, 6.07) is 21.5. The normalized spacial score (nSPS) is 12.5. The fraction of sp³-hybridized carbons (Fsp3) is 0.136. The van der Waals surface area contributed by atoms with Gasteiger partial charge >= 0.3 is 0 Å². The van der Waals surface area contributed by atoms with Crippen molar-refractivity contribution < 1.29 is 0 Å². The van der Waals surface area contributed by atoms with Gasteiger partial charge in [0.05, 0.1) is 10.2 Å². The number of fused-ring (bicyclic) bond motifs is 2. The summed E-state index contributed by atoms with van der Waals surface area (Å²) >= 11 is 3.66. The molecule has 0 bridgehead atoms. The van der Waals surface area contributed by atoms with Crippen molar-refractivity contribution in [2.24, 2.45) is 0 Å². The summed E-state index contributed by atoms with van der Waals surface area (Å²) in [5.74, 6) is 0. The molecule has 0 spiro atoms. The first-order chi connectivity index (χ1) is 12.3. The zero-order valence-electron chi connectivity index (χ0n) is 14.1. The second-order valence-corrected chi connectivity index (χ2v) is 8.06. The maximum atomic E-state index is 4.95. The lowest BCUT2D eigenvalue weighted by molar-refractivity contribution is 0.979. The number of hydrogen-bond acceptors (Lipinski definition) is 3. The van der Waals surface area contributed by atoms with Gasteiger partial charge in [-0.15, -0.1) is 17.9 Å². The Morgan fingerprint density at radius 1 is 1.08 bits per heavy atom. The van der Waals surface area contributed by atoms with E-state index >= 15 is 0 Å². The molecule has 0 saturated heterocycles. The number of hydrogen-bond donors (Lipinski definition) is 0. The van der Waals surface area contributed by atoms with Gasteiger partial charge in [0.1, 0.15) is 5.01 Å². The summed E-state index contributed by atoms with van der Waals surface area (Å²) in [7, 11) is 0. The summed E-state index contributed by atoms with van der Waals surface area (Å²) in [4.78, 5) is 4.95. The Bertz CT molecular complexity index is 1020. The lowest BCUT2D eigenvalue weighted by Gasteiger charge is -2.18. The Hall–Kier alpha value is -2.10. The molecule has 0 aliphatic rings. The van der Waals surface area contributed by atoms with Crippen LogP contribution in [0, 0.1) is 0 Å². The third kappa shape index (κ3) is 2.99. The molecule has 4 aromatic rings. The molecular weight excluding hydrogens is 342 g/mol. The Balaban J connectivity index is 2.02. The number of benzene rings is 3. The van der Waals surface area contributed by atoms with Crippen LogP contribution >= 0.6 is 23.1 Å². The molecule has 0 radical (unpaired) electrons. The molecule has 0 fully saturated rings. The van der Waals surface area contributed by atoms with E-state index in [2.05, 4.69) is 73.5 Å². The van der Waals surface area contributed by atoms with E-state index < -0.39 is 0 Å². The number of thioether (sulfide) groups is 1. The quantitative estimate of drug-likeness (QED) is 0.352. The standard InChI is InChI=1S/C22H19NS2/c1-3-8-19(24-2)17-14-13-15-9-4-5-10-16(15)21(17)22-23-18-11-6-7-12-20(18)25-22/h3-7,9-14,19H,1,8H2,2H3. The van der Waals surface area contributed by atoms with Crippen molar-refractivity contribution in [3.8, 4) is 10.6 Å². The Morgan fingerprint density at radius 3 is 2.68 bits per heavy atom. The van der Waals surface area contributed by atoms with Crippen molar-refractivity contribution in [1.82, 2.24) is 4.98 Å². The van der Waals surface area contributed by atoms with E-state index in [1.165, 1.54) is 26.6 Å². The van der Waals surface area contributed by atoms with E-state index in [9.17, 15) is 0 Å². The van der Waals surface area contributed by atoms with E-state index in [1.54, 1.807) is 11.3 Å². The van der Waals surface area contributed by atoms with Gasteiger partial charge in [-0.3, -0.25) is 0 Å². The number of rotatable bonds is 5. The summed E-state index contributed by atoms with van der Waals surface area (Å²) in [6.07, 6.45) is 5.14. The van der Waals surface area contributed by atoms with Crippen LogP contribution in [-0.2, 0) is 0 Å². The minimum absolute atomic E-state index is 0.393. The van der Waals surface area contributed by atoms with Gasteiger partial charge < -0.3 is 0 Å². The molecule has 3 heteroatoms. The number of nitrogens with zero attached hydrogens (tertiary/aromatic N) is 1. The fourth-order valence-corrected chi connectivity index (χ4v) is 5.10. The highest BCUT2D eigenvalue weighted by molar-refractivity contribution is 7.98. The highest BCUT2D eigenvalue weighted by Gasteiger charge is 2.19. The highest BCUT2D eigenvalue weighted by atomic mass is 32.2. The Morgan fingerprint density at radius 2 is 1.88 bits per heavy atom. The second kappa shape index (κ2) is 7.03. The first-order valence-electron chi connectivity index (χ1n) is 8.33. The van der Waals surface area contributed by atoms with Gasteiger partial charge in [-0.25, -0.2) is 4.98 Å². The van der Waals surface area contributed by atoms with Crippen LogP contribution < -0.4 is 0 Å². The van der Waals surface area contributed by atoms with Crippen LogP contribution in [0.25, 0.3) is 31.6 Å². The Labute approximate surface area is 156 Å². The summed E-state index contributed by atoms with van der Waals surface area (Å²) in [6.45, 7) is 3.95. The molecule has 0 saturated carbocycles. The molecule has 0 aliphatic carbocycles. The fourth-order valence-electron chi connectivity index (χ4n) is 3.28. The summed E-state index contributed by atoms with van der Waals surface area (Å²) in [5.41, 5.74) is 3.71. The van der Waals surface area contributed by atoms with Gasteiger partial charge in [0, 0.05) is 10.8 Å². The van der Waals surface area contributed by atoms with Gasteiger partial charge in [-0.05, 0) is 41.1 Å². The minimum atomic E-state index is 0.393. The number of aromatic nitrogens is 1. The molecule has 25 heavy (non-hydrogen) atoms. The molecule has 124 valence electrons. The first-order valence-corrected chi connectivity index (χ1v) is 10.4. The predicted octanol–water partition coefficient (Wildman–Crippen LogP) is 7.10. The van der Waals surface area contributed by atoms with Gasteiger partial charge in [0.25, 0.3) is 0 Å². The van der Waals surface area contributed by atoms with Crippen LogP contribution in [0.1, 0.15) is 17.2 Å². The maximum Gasteiger partial charge on any atom is 0.125 e. The maximum absolute atomic E-state index is 4.95. The number of thiazole rings is 1.